The zero-order chi connectivity index (χ0) is 14.2. The predicted octanol–water partition coefficient (Wildman–Crippen LogP) is 2.42. The highest BCUT2D eigenvalue weighted by Crippen LogP contribution is 2.37. The van der Waals surface area contributed by atoms with E-state index >= 15 is 0 Å². The van der Waals surface area contributed by atoms with Gasteiger partial charge in [0.15, 0.2) is 5.69 Å². The molecule has 106 valence electrons. The van der Waals surface area contributed by atoms with E-state index < -0.39 is 0 Å². The van der Waals surface area contributed by atoms with Gasteiger partial charge in [0, 0.05) is 6.04 Å². The predicted molar refractivity (Wildman–Crippen MR) is 76.0 cm³/mol. The van der Waals surface area contributed by atoms with Gasteiger partial charge in [-0.2, -0.15) is 5.10 Å². The van der Waals surface area contributed by atoms with E-state index in [0.29, 0.717) is 16.8 Å². The van der Waals surface area contributed by atoms with Crippen LogP contribution in [0.4, 0.5) is 5.69 Å². The molecule has 2 rings (SSSR count). The molecule has 1 aliphatic carbocycles. The van der Waals surface area contributed by atoms with Crippen LogP contribution in [0, 0.1) is 5.41 Å². The molecule has 0 aromatic carbocycles. The Bertz CT molecular complexity index is 476. The Balaban J connectivity index is 2.05. The van der Waals surface area contributed by atoms with E-state index in [0.717, 1.165) is 25.0 Å². The first kappa shape index (κ1) is 13.9. The summed E-state index contributed by atoms with van der Waals surface area (Å²) in [4.78, 5) is 12.2. The molecule has 5 heteroatoms. The van der Waals surface area contributed by atoms with Gasteiger partial charge in [-0.1, -0.05) is 27.7 Å². The summed E-state index contributed by atoms with van der Waals surface area (Å²) in [6, 6.07) is 0.237. The summed E-state index contributed by atoms with van der Waals surface area (Å²) in [6.07, 6.45) is 3.19. The number of anilines is 1. The minimum Gasteiger partial charge on any atom is -0.395 e. The van der Waals surface area contributed by atoms with Crippen molar-refractivity contribution in [3.63, 3.8) is 0 Å². The van der Waals surface area contributed by atoms with Crippen molar-refractivity contribution in [3.05, 3.63) is 11.4 Å². The van der Waals surface area contributed by atoms with Crippen molar-refractivity contribution in [1.29, 1.82) is 0 Å². The summed E-state index contributed by atoms with van der Waals surface area (Å²) >= 11 is 0. The molecular weight excluding hydrogens is 240 g/mol. The van der Waals surface area contributed by atoms with Crippen molar-refractivity contribution in [2.75, 3.05) is 5.73 Å². The number of nitrogens with zero attached hydrogens (tertiary/aromatic N) is 1. The second kappa shape index (κ2) is 4.87. The van der Waals surface area contributed by atoms with Gasteiger partial charge in [0.25, 0.3) is 5.91 Å². The number of amides is 1. The van der Waals surface area contributed by atoms with E-state index in [9.17, 15) is 4.79 Å². The SMILES string of the molecule is CC(C)c1[nH]nc(C(=O)NC2CCC(C)(C)C2)c1N. The van der Waals surface area contributed by atoms with Crippen LogP contribution in [-0.2, 0) is 0 Å². The molecule has 1 aromatic heterocycles. The molecule has 0 spiro atoms. The van der Waals surface area contributed by atoms with E-state index in [1.165, 1.54) is 0 Å². The Hall–Kier alpha value is -1.52. The minimum absolute atomic E-state index is 0.164. The van der Waals surface area contributed by atoms with Crippen LogP contribution in [0.25, 0.3) is 0 Å². The van der Waals surface area contributed by atoms with Crippen LogP contribution < -0.4 is 11.1 Å². The average Bonchev–Trinajstić information content (AvgIpc) is 2.81. The highest BCUT2D eigenvalue weighted by atomic mass is 16.2. The lowest BCUT2D eigenvalue weighted by Crippen LogP contribution is -2.34. The molecule has 5 nitrogen and oxygen atoms in total. The largest absolute Gasteiger partial charge is 0.395 e. The van der Waals surface area contributed by atoms with E-state index in [4.69, 9.17) is 5.73 Å². The zero-order valence-corrected chi connectivity index (χ0v) is 12.2. The molecule has 1 amide bonds. The third kappa shape index (κ3) is 2.91. The van der Waals surface area contributed by atoms with Crippen molar-refractivity contribution in [2.45, 2.75) is 58.9 Å². The lowest BCUT2D eigenvalue weighted by molar-refractivity contribution is 0.0932. The first-order valence-corrected chi connectivity index (χ1v) is 6.95. The van der Waals surface area contributed by atoms with Crippen LogP contribution in [0.15, 0.2) is 0 Å². The molecule has 19 heavy (non-hydrogen) atoms. The standard InChI is InChI=1S/C14H24N4O/c1-8(2)11-10(15)12(18-17-11)13(19)16-9-5-6-14(3,4)7-9/h8-9H,5-7,15H2,1-4H3,(H,16,19)(H,17,18). The first-order valence-electron chi connectivity index (χ1n) is 6.95. The van der Waals surface area contributed by atoms with Gasteiger partial charge in [0.2, 0.25) is 0 Å². The molecular formula is C14H24N4O. The molecule has 4 N–H and O–H groups in total. The smallest absolute Gasteiger partial charge is 0.274 e. The van der Waals surface area contributed by atoms with Crippen molar-refractivity contribution >= 4 is 11.6 Å². The van der Waals surface area contributed by atoms with Crippen LogP contribution in [0.1, 0.15) is 69.1 Å². The lowest BCUT2D eigenvalue weighted by atomic mass is 9.92. The zero-order valence-electron chi connectivity index (χ0n) is 12.2. The van der Waals surface area contributed by atoms with Gasteiger partial charge in [0.05, 0.1) is 11.4 Å². The molecule has 1 heterocycles. The lowest BCUT2D eigenvalue weighted by Gasteiger charge is -2.17. The van der Waals surface area contributed by atoms with Crippen LogP contribution in [0.2, 0.25) is 0 Å². The molecule has 0 aliphatic heterocycles. The van der Waals surface area contributed by atoms with Crippen molar-refractivity contribution in [2.24, 2.45) is 5.41 Å². The van der Waals surface area contributed by atoms with Gasteiger partial charge in [0.1, 0.15) is 0 Å². The molecule has 1 saturated carbocycles. The van der Waals surface area contributed by atoms with E-state index in [-0.39, 0.29) is 17.9 Å². The van der Waals surface area contributed by atoms with Crippen LogP contribution >= 0.6 is 0 Å². The Morgan fingerprint density at radius 3 is 2.68 bits per heavy atom. The second-order valence-electron chi connectivity index (χ2n) is 6.63. The molecule has 0 saturated heterocycles. The topological polar surface area (TPSA) is 83.8 Å². The average molecular weight is 264 g/mol. The number of nitrogens with one attached hydrogen (secondary N) is 2. The quantitative estimate of drug-likeness (QED) is 0.784. The fourth-order valence-corrected chi connectivity index (χ4v) is 2.79. The summed E-state index contributed by atoms with van der Waals surface area (Å²) in [5.74, 6) is 0.0720. The Kier molecular flexibility index (Phi) is 3.56. The highest BCUT2D eigenvalue weighted by Gasteiger charge is 2.32. The monoisotopic (exact) mass is 264 g/mol. The minimum atomic E-state index is -0.164. The summed E-state index contributed by atoms with van der Waals surface area (Å²) in [5, 5.41) is 9.96. The number of H-pyrrole nitrogens is 1. The van der Waals surface area contributed by atoms with Gasteiger partial charge in [-0.05, 0) is 30.6 Å². The van der Waals surface area contributed by atoms with Gasteiger partial charge in [-0.3, -0.25) is 9.89 Å². The summed E-state index contributed by atoms with van der Waals surface area (Å²) in [7, 11) is 0. The van der Waals surface area contributed by atoms with Gasteiger partial charge < -0.3 is 11.1 Å². The van der Waals surface area contributed by atoms with Crippen molar-refractivity contribution in [1.82, 2.24) is 15.5 Å². The maximum Gasteiger partial charge on any atom is 0.274 e. The first-order chi connectivity index (χ1) is 8.80. The van der Waals surface area contributed by atoms with Gasteiger partial charge in [-0.25, -0.2) is 0 Å². The van der Waals surface area contributed by atoms with E-state index in [1.807, 2.05) is 13.8 Å². The second-order valence-corrected chi connectivity index (χ2v) is 6.63. The summed E-state index contributed by atoms with van der Waals surface area (Å²) in [5.41, 5.74) is 7.93. The van der Waals surface area contributed by atoms with E-state index in [1.54, 1.807) is 0 Å². The third-order valence-corrected chi connectivity index (χ3v) is 3.93. The molecule has 1 unspecified atom stereocenters. The van der Waals surface area contributed by atoms with Crippen LogP contribution in [0.5, 0.6) is 0 Å². The number of hydrogen-bond donors (Lipinski definition) is 3. The fraction of sp³-hybridized carbons (Fsp3) is 0.714. The molecule has 1 aromatic rings. The maximum absolute atomic E-state index is 12.2. The van der Waals surface area contributed by atoms with Crippen LogP contribution in [-0.4, -0.2) is 22.1 Å². The Morgan fingerprint density at radius 1 is 1.53 bits per heavy atom. The third-order valence-electron chi connectivity index (χ3n) is 3.93. The Morgan fingerprint density at radius 2 is 2.21 bits per heavy atom. The molecule has 1 atom stereocenters. The summed E-state index contributed by atoms with van der Waals surface area (Å²) in [6.45, 7) is 8.51. The number of nitrogens with two attached hydrogens (primary N) is 1. The number of hydrogen-bond acceptors (Lipinski definition) is 3. The fourth-order valence-electron chi connectivity index (χ4n) is 2.79. The van der Waals surface area contributed by atoms with Crippen molar-refractivity contribution < 1.29 is 4.79 Å². The molecule has 0 radical (unpaired) electrons. The number of carbonyl (C=O) groups is 1. The van der Waals surface area contributed by atoms with Crippen molar-refractivity contribution in [3.8, 4) is 0 Å². The normalized spacial score (nSPS) is 21.8. The Labute approximate surface area is 114 Å². The molecule has 1 fully saturated rings. The highest BCUT2D eigenvalue weighted by molar-refractivity contribution is 5.97. The number of carbonyl (C=O) groups excluding carboxylic acids is 1. The van der Waals surface area contributed by atoms with Gasteiger partial charge in [-0.15, -0.1) is 0 Å². The summed E-state index contributed by atoms with van der Waals surface area (Å²) < 4.78 is 0. The number of nitrogen functional groups attached to an aromatic ring is 1. The van der Waals surface area contributed by atoms with Gasteiger partial charge >= 0.3 is 0 Å². The van der Waals surface area contributed by atoms with E-state index in [2.05, 4.69) is 29.4 Å². The number of aromatic amines is 1. The molecule has 0 bridgehead atoms. The number of rotatable bonds is 3. The maximum atomic E-state index is 12.2. The van der Waals surface area contributed by atoms with Crippen LogP contribution in [0.3, 0.4) is 0 Å². The molecule has 1 aliphatic rings. The number of aromatic nitrogens is 2.